The van der Waals surface area contributed by atoms with Gasteiger partial charge in [0.2, 0.25) is 10.0 Å². The lowest BCUT2D eigenvalue weighted by Gasteiger charge is -2.36. The van der Waals surface area contributed by atoms with Gasteiger partial charge in [-0.15, -0.1) is 0 Å². The lowest BCUT2D eigenvalue weighted by molar-refractivity contribution is -0.111. The number of sulfonamides is 1. The van der Waals surface area contributed by atoms with Crippen LogP contribution in [0.25, 0.3) is 0 Å². The van der Waals surface area contributed by atoms with Gasteiger partial charge in [-0.25, -0.2) is 17.2 Å². The zero-order valence-electron chi connectivity index (χ0n) is 16.7. The molecule has 6 nitrogen and oxygen atoms in total. The highest BCUT2D eigenvalue weighted by atomic mass is 32.2. The molecule has 30 heavy (non-hydrogen) atoms. The fourth-order valence-electron chi connectivity index (χ4n) is 4.17. The van der Waals surface area contributed by atoms with Crippen LogP contribution in [-0.4, -0.2) is 67.8 Å². The second kappa shape index (κ2) is 8.68. The Morgan fingerprint density at radius 2 is 1.70 bits per heavy atom. The topological polar surface area (TPSA) is 53.1 Å². The first-order valence-electron chi connectivity index (χ1n) is 9.93. The molecular weight excluding hydrogens is 412 g/mol. The molecular formula is C21H25F2N3O3S. The van der Waals surface area contributed by atoms with Gasteiger partial charge in [0.1, 0.15) is 5.25 Å². The highest BCUT2D eigenvalue weighted by Crippen LogP contribution is 2.36. The molecule has 0 aliphatic carbocycles. The van der Waals surface area contributed by atoms with Crippen LogP contribution in [0.1, 0.15) is 17.2 Å². The van der Waals surface area contributed by atoms with Crippen molar-refractivity contribution in [3.05, 3.63) is 71.3 Å². The van der Waals surface area contributed by atoms with E-state index in [1.165, 1.54) is 27.1 Å². The van der Waals surface area contributed by atoms with E-state index in [-0.39, 0.29) is 12.2 Å². The SMILES string of the molecule is CN1OCC(S(=O)(=O)N2CCN(Cc3ccccc3)CC2)C1c1cccc(F)c1F. The van der Waals surface area contributed by atoms with Gasteiger partial charge in [0.25, 0.3) is 0 Å². The summed E-state index contributed by atoms with van der Waals surface area (Å²) in [5.74, 6) is -2.04. The number of piperazine rings is 1. The first-order valence-corrected chi connectivity index (χ1v) is 11.4. The zero-order chi connectivity index (χ0) is 21.3. The molecule has 4 rings (SSSR count). The molecule has 2 aromatic rings. The quantitative estimate of drug-likeness (QED) is 0.719. The minimum atomic E-state index is -3.77. The molecule has 2 aliphatic rings. The van der Waals surface area contributed by atoms with Crippen molar-refractivity contribution < 1.29 is 22.0 Å². The summed E-state index contributed by atoms with van der Waals surface area (Å²) in [6, 6.07) is 12.9. The largest absolute Gasteiger partial charge is 0.297 e. The number of halogens is 2. The molecule has 0 spiro atoms. The second-order valence-corrected chi connectivity index (χ2v) is 9.83. The van der Waals surface area contributed by atoms with Crippen LogP contribution in [0.3, 0.4) is 0 Å². The highest BCUT2D eigenvalue weighted by Gasteiger charge is 2.47. The average molecular weight is 438 g/mol. The maximum Gasteiger partial charge on any atom is 0.221 e. The van der Waals surface area contributed by atoms with Crippen LogP contribution in [0.15, 0.2) is 48.5 Å². The lowest BCUT2D eigenvalue weighted by Crippen LogP contribution is -2.52. The standard InChI is InChI=1S/C21H25F2N3O3S/c1-24-21(17-8-5-9-18(22)20(17)23)19(15-29-24)30(27,28)26-12-10-25(11-13-26)14-16-6-3-2-4-7-16/h2-9,19,21H,10-15H2,1H3. The van der Waals surface area contributed by atoms with E-state index in [0.717, 1.165) is 12.6 Å². The van der Waals surface area contributed by atoms with Crippen molar-refractivity contribution in [1.29, 1.82) is 0 Å². The highest BCUT2D eigenvalue weighted by molar-refractivity contribution is 7.89. The van der Waals surface area contributed by atoms with Crippen LogP contribution < -0.4 is 0 Å². The van der Waals surface area contributed by atoms with Crippen LogP contribution in [0.2, 0.25) is 0 Å². The third-order valence-electron chi connectivity index (χ3n) is 5.81. The molecule has 2 unspecified atom stereocenters. The Morgan fingerprint density at radius 3 is 2.40 bits per heavy atom. The molecule has 0 bridgehead atoms. The third-order valence-corrected chi connectivity index (χ3v) is 8.05. The first kappa shape index (κ1) is 21.3. The Labute approximate surface area is 175 Å². The Balaban J connectivity index is 1.48. The molecule has 0 saturated carbocycles. The summed E-state index contributed by atoms with van der Waals surface area (Å²) in [5, 5.41) is 0.311. The van der Waals surface area contributed by atoms with E-state index in [9.17, 15) is 17.2 Å². The summed E-state index contributed by atoms with van der Waals surface area (Å²) >= 11 is 0. The minimum Gasteiger partial charge on any atom is -0.297 e. The molecule has 2 heterocycles. The Kier molecular flexibility index (Phi) is 6.17. The molecule has 2 fully saturated rings. The van der Waals surface area contributed by atoms with E-state index in [2.05, 4.69) is 4.90 Å². The maximum atomic E-state index is 14.4. The number of hydroxylamine groups is 2. The summed E-state index contributed by atoms with van der Waals surface area (Å²) in [6.45, 7) is 2.60. The Bertz CT molecular complexity index is 982. The average Bonchev–Trinajstić information content (AvgIpc) is 3.13. The molecule has 0 aromatic heterocycles. The van der Waals surface area contributed by atoms with Gasteiger partial charge in [-0.3, -0.25) is 9.74 Å². The van der Waals surface area contributed by atoms with Crippen molar-refractivity contribution in [2.75, 3.05) is 39.8 Å². The van der Waals surface area contributed by atoms with Crippen molar-refractivity contribution in [2.24, 2.45) is 0 Å². The predicted octanol–water partition coefficient (Wildman–Crippen LogP) is 2.40. The Morgan fingerprint density at radius 1 is 1.00 bits per heavy atom. The summed E-state index contributed by atoms with van der Waals surface area (Å²) in [6.07, 6.45) is 0. The van der Waals surface area contributed by atoms with Gasteiger partial charge in [0.05, 0.1) is 12.6 Å². The van der Waals surface area contributed by atoms with Crippen LogP contribution >= 0.6 is 0 Å². The molecule has 9 heteroatoms. The first-order chi connectivity index (χ1) is 14.4. The van der Waals surface area contributed by atoms with Gasteiger partial charge in [0.15, 0.2) is 11.6 Å². The van der Waals surface area contributed by atoms with Crippen LogP contribution in [0.5, 0.6) is 0 Å². The summed E-state index contributed by atoms with van der Waals surface area (Å²) in [5.41, 5.74) is 1.17. The van der Waals surface area contributed by atoms with Crippen LogP contribution in [0.4, 0.5) is 8.78 Å². The molecule has 2 aliphatic heterocycles. The van der Waals surface area contributed by atoms with Gasteiger partial charge in [-0.2, -0.15) is 9.37 Å². The van der Waals surface area contributed by atoms with Gasteiger partial charge in [-0.1, -0.05) is 42.5 Å². The molecule has 2 atom stereocenters. The van der Waals surface area contributed by atoms with Crippen LogP contribution in [0, 0.1) is 11.6 Å². The summed E-state index contributed by atoms with van der Waals surface area (Å²) in [4.78, 5) is 7.64. The van der Waals surface area contributed by atoms with Gasteiger partial charge in [-0.05, 0) is 11.6 Å². The predicted molar refractivity (Wildman–Crippen MR) is 109 cm³/mol. The Hall–Kier alpha value is -1.91. The van der Waals surface area contributed by atoms with E-state index in [0.29, 0.717) is 26.2 Å². The van der Waals surface area contributed by atoms with Gasteiger partial charge in [0, 0.05) is 45.3 Å². The van der Waals surface area contributed by atoms with Crippen molar-refractivity contribution in [3.8, 4) is 0 Å². The van der Waals surface area contributed by atoms with Crippen molar-refractivity contribution in [1.82, 2.24) is 14.3 Å². The molecule has 162 valence electrons. The van der Waals surface area contributed by atoms with Crippen molar-refractivity contribution in [3.63, 3.8) is 0 Å². The van der Waals surface area contributed by atoms with E-state index in [1.54, 1.807) is 7.05 Å². The fraction of sp³-hybridized carbons (Fsp3) is 0.429. The summed E-state index contributed by atoms with van der Waals surface area (Å²) < 4.78 is 56.4. The van der Waals surface area contributed by atoms with Crippen molar-refractivity contribution in [2.45, 2.75) is 17.8 Å². The molecule has 0 N–H and O–H groups in total. The van der Waals surface area contributed by atoms with Gasteiger partial charge >= 0.3 is 0 Å². The normalized spacial score (nSPS) is 24.4. The number of rotatable bonds is 5. The van der Waals surface area contributed by atoms with E-state index >= 15 is 0 Å². The second-order valence-electron chi connectivity index (χ2n) is 7.67. The number of nitrogens with zero attached hydrogens (tertiary/aromatic N) is 3. The molecule has 2 aromatic carbocycles. The molecule has 0 radical (unpaired) electrons. The van der Waals surface area contributed by atoms with Crippen LogP contribution in [-0.2, 0) is 21.4 Å². The molecule has 0 amide bonds. The van der Waals surface area contributed by atoms with Crippen molar-refractivity contribution >= 4 is 10.0 Å². The lowest BCUT2D eigenvalue weighted by atomic mass is 10.0. The number of benzene rings is 2. The minimum absolute atomic E-state index is 0.00807. The maximum absolute atomic E-state index is 14.4. The smallest absolute Gasteiger partial charge is 0.221 e. The zero-order valence-corrected chi connectivity index (χ0v) is 17.6. The summed E-state index contributed by atoms with van der Waals surface area (Å²) in [7, 11) is -2.22. The fourth-order valence-corrected chi connectivity index (χ4v) is 6.10. The number of hydrogen-bond acceptors (Lipinski definition) is 5. The van der Waals surface area contributed by atoms with Gasteiger partial charge < -0.3 is 0 Å². The number of hydrogen-bond donors (Lipinski definition) is 0. The third kappa shape index (κ3) is 4.13. The van der Waals surface area contributed by atoms with E-state index in [4.69, 9.17) is 4.84 Å². The monoisotopic (exact) mass is 437 g/mol. The molecule has 2 saturated heterocycles. The van der Waals surface area contributed by atoms with E-state index < -0.39 is 32.9 Å². The van der Waals surface area contributed by atoms with E-state index in [1.807, 2.05) is 30.3 Å².